The number of allylic oxidation sites excluding steroid dienone is 3. The Morgan fingerprint density at radius 3 is 2.58 bits per heavy atom. The quantitative estimate of drug-likeness (QED) is 0.727. The van der Waals surface area contributed by atoms with Gasteiger partial charge in [-0.15, -0.1) is 0 Å². The summed E-state index contributed by atoms with van der Waals surface area (Å²) in [5, 5.41) is 0. The van der Waals surface area contributed by atoms with Crippen LogP contribution >= 0.6 is 0 Å². The molecule has 0 saturated carbocycles. The number of para-hydroxylation sites is 1. The lowest BCUT2D eigenvalue weighted by atomic mass is 10.1. The van der Waals surface area contributed by atoms with Crippen LogP contribution in [0.1, 0.15) is 26.3 Å². The maximum absolute atomic E-state index is 11.8. The molecule has 0 bridgehead atoms. The first kappa shape index (κ1) is 15.2. The van der Waals surface area contributed by atoms with Crippen molar-refractivity contribution in [3.63, 3.8) is 0 Å². The first-order chi connectivity index (χ1) is 9.06. The largest absolute Gasteiger partial charge is 0.312 e. The lowest BCUT2D eigenvalue weighted by molar-refractivity contribution is -0.116. The van der Waals surface area contributed by atoms with Crippen LogP contribution < -0.4 is 4.90 Å². The smallest absolute Gasteiger partial charge is 0.223 e. The van der Waals surface area contributed by atoms with Crippen LogP contribution in [0.5, 0.6) is 0 Å². The molecule has 0 aliphatic rings. The number of amides is 1. The van der Waals surface area contributed by atoms with Crippen molar-refractivity contribution in [2.45, 2.75) is 27.7 Å². The van der Waals surface area contributed by atoms with Gasteiger partial charge in [0.05, 0.1) is 0 Å². The highest BCUT2D eigenvalue weighted by molar-refractivity contribution is 5.92. The Bertz CT molecular complexity index is 474. The minimum atomic E-state index is 0.0839. The van der Waals surface area contributed by atoms with Crippen LogP contribution in [-0.4, -0.2) is 12.5 Å². The van der Waals surface area contributed by atoms with Crippen molar-refractivity contribution in [2.24, 2.45) is 5.92 Å². The Kier molecular flexibility index (Phi) is 6.07. The average Bonchev–Trinajstić information content (AvgIpc) is 2.37. The second-order valence-electron chi connectivity index (χ2n) is 4.80. The molecule has 0 N–H and O–H groups in total. The molecule has 0 aliphatic carbocycles. The van der Waals surface area contributed by atoms with Crippen molar-refractivity contribution in [3.8, 4) is 0 Å². The monoisotopic (exact) mass is 257 g/mol. The Hall–Kier alpha value is -1.83. The van der Waals surface area contributed by atoms with E-state index in [9.17, 15) is 4.79 Å². The molecule has 1 atom stereocenters. The number of carbonyl (C=O) groups excluding carboxylic acids is 1. The SMILES string of the molecule is C/C=C\C=C/C(C)CN(C(C)=O)c1ccccc1C. The lowest BCUT2D eigenvalue weighted by Gasteiger charge is -2.25. The van der Waals surface area contributed by atoms with Crippen molar-refractivity contribution in [1.82, 2.24) is 0 Å². The molecular weight excluding hydrogens is 234 g/mol. The number of anilines is 1. The summed E-state index contributed by atoms with van der Waals surface area (Å²) in [6.07, 6.45) is 8.14. The number of benzene rings is 1. The van der Waals surface area contributed by atoms with Crippen LogP contribution in [0.3, 0.4) is 0 Å². The predicted octanol–water partition coefficient (Wildman–Crippen LogP) is 4.12. The third-order valence-electron chi connectivity index (χ3n) is 3.00. The van der Waals surface area contributed by atoms with Crippen molar-refractivity contribution in [2.75, 3.05) is 11.4 Å². The van der Waals surface area contributed by atoms with Crippen LogP contribution in [0, 0.1) is 12.8 Å². The maximum atomic E-state index is 11.8. The molecule has 1 unspecified atom stereocenters. The summed E-state index contributed by atoms with van der Waals surface area (Å²) in [6.45, 7) is 8.47. The molecule has 0 aromatic heterocycles. The van der Waals surface area contributed by atoms with Crippen molar-refractivity contribution in [1.29, 1.82) is 0 Å². The van der Waals surface area contributed by atoms with Crippen LogP contribution in [0.4, 0.5) is 5.69 Å². The molecule has 2 nitrogen and oxygen atoms in total. The van der Waals surface area contributed by atoms with Gasteiger partial charge in [0.25, 0.3) is 0 Å². The Labute approximate surface area is 116 Å². The summed E-state index contributed by atoms with van der Waals surface area (Å²) >= 11 is 0. The van der Waals surface area contributed by atoms with E-state index in [-0.39, 0.29) is 5.91 Å². The van der Waals surface area contributed by atoms with Gasteiger partial charge in [-0.05, 0) is 31.4 Å². The standard InChI is InChI=1S/C17H23NO/c1-5-6-7-10-14(2)13-18(16(4)19)17-12-9-8-11-15(17)3/h5-12,14H,13H2,1-4H3/b6-5-,10-7-. The van der Waals surface area contributed by atoms with Crippen molar-refractivity contribution >= 4 is 11.6 Å². The fraction of sp³-hybridized carbons (Fsp3) is 0.353. The van der Waals surface area contributed by atoms with E-state index >= 15 is 0 Å². The Morgan fingerprint density at radius 2 is 2.00 bits per heavy atom. The van der Waals surface area contributed by atoms with E-state index in [2.05, 4.69) is 13.0 Å². The first-order valence-electron chi connectivity index (χ1n) is 6.69. The minimum Gasteiger partial charge on any atom is -0.312 e. The summed E-state index contributed by atoms with van der Waals surface area (Å²) in [4.78, 5) is 13.7. The molecule has 19 heavy (non-hydrogen) atoms. The van der Waals surface area contributed by atoms with Gasteiger partial charge in [0.15, 0.2) is 0 Å². The van der Waals surface area contributed by atoms with Crippen LogP contribution in [-0.2, 0) is 4.79 Å². The fourth-order valence-electron chi connectivity index (χ4n) is 1.98. The summed E-state index contributed by atoms with van der Waals surface area (Å²) in [5.41, 5.74) is 2.13. The number of hydrogen-bond acceptors (Lipinski definition) is 1. The topological polar surface area (TPSA) is 20.3 Å². The lowest BCUT2D eigenvalue weighted by Crippen LogP contribution is -2.32. The number of carbonyl (C=O) groups is 1. The molecule has 0 radical (unpaired) electrons. The molecule has 0 aliphatic heterocycles. The molecule has 1 amide bonds. The normalized spacial score (nSPS) is 13.1. The first-order valence-corrected chi connectivity index (χ1v) is 6.69. The highest BCUT2D eigenvalue weighted by Gasteiger charge is 2.15. The Morgan fingerprint density at radius 1 is 1.32 bits per heavy atom. The summed E-state index contributed by atoms with van der Waals surface area (Å²) in [6, 6.07) is 8.00. The average molecular weight is 257 g/mol. The molecule has 0 saturated heterocycles. The van der Waals surface area contributed by atoms with E-state index in [4.69, 9.17) is 0 Å². The summed E-state index contributed by atoms with van der Waals surface area (Å²) in [5.74, 6) is 0.403. The number of aryl methyl sites for hydroxylation is 1. The highest BCUT2D eigenvalue weighted by atomic mass is 16.2. The summed E-state index contributed by atoms with van der Waals surface area (Å²) in [7, 11) is 0. The maximum Gasteiger partial charge on any atom is 0.223 e. The van der Waals surface area contributed by atoms with E-state index in [0.717, 1.165) is 11.3 Å². The summed E-state index contributed by atoms with van der Waals surface area (Å²) < 4.78 is 0. The molecule has 1 aromatic carbocycles. The van der Waals surface area contributed by atoms with Gasteiger partial charge in [-0.25, -0.2) is 0 Å². The van der Waals surface area contributed by atoms with E-state index in [1.165, 1.54) is 0 Å². The van der Waals surface area contributed by atoms with E-state index in [1.54, 1.807) is 6.92 Å². The minimum absolute atomic E-state index is 0.0839. The molecule has 0 fully saturated rings. The zero-order valence-electron chi connectivity index (χ0n) is 12.3. The zero-order valence-corrected chi connectivity index (χ0v) is 12.3. The van der Waals surface area contributed by atoms with Gasteiger partial charge in [0, 0.05) is 19.2 Å². The number of nitrogens with zero attached hydrogens (tertiary/aromatic N) is 1. The van der Waals surface area contributed by atoms with Gasteiger partial charge >= 0.3 is 0 Å². The van der Waals surface area contributed by atoms with Gasteiger partial charge in [0.1, 0.15) is 0 Å². The number of rotatable bonds is 5. The van der Waals surface area contributed by atoms with E-state index in [0.29, 0.717) is 12.5 Å². The molecule has 1 rings (SSSR count). The van der Waals surface area contributed by atoms with Gasteiger partial charge in [0.2, 0.25) is 5.91 Å². The second kappa shape index (κ2) is 7.57. The third kappa shape index (κ3) is 4.74. The van der Waals surface area contributed by atoms with E-state index in [1.807, 2.05) is 61.2 Å². The van der Waals surface area contributed by atoms with Crippen molar-refractivity contribution < 1.29 is 4.79 Å². The Balaban J connectivity index is 2.85. The van der Waals surface area contributed by atoms with Crippen LogP contribution in [0.25, 0.3) is 0 Å². The van der Waals surface area contributed by atoms with Gasteiger partial charge < -0.3 is 4.90 Å². The highest BCUT2D eigenvalue weighted by Crippen LogP contribution is 2.21. The van der Waals surface area contributed by atoms with Crippen LogP contribution in [0.15, 0.2) is 48.6 Å². The number of hydrogen-bond donors (Lipinski definition) is 0. The molecule has 0 spiro atoms. The molecule has 0 heterocycles. The van der Waals surface area contributed by atoms with Gasteiger partial charge in [-0.2, -0.15) is 0 Å². The third-order valence-corrected chi connectivity index (χ3v) is 3.00. The molecular formula is C17H23NO. The van der Waals surface area contributed by atoms with Gasteiger partial charge in [-0.1, -0.05) is 49.4 Å². The van der Waals surface area contributed by atoms with E-state index < -0.39 is 0 Å². The van der Waals surface area contributed by atoms with Crippen molar-refractivity contribution in [3.05, 3.63) is 54.1 Å². The predicted molar refractivity (Wildman–Crippen MR) is 82.3 cm³/mol. The second-order valence-corrected chi connectivity index (χ2v) is 4.80. The van der Waals surface area contributed by atoms with Crippen LogP contribution in [0.2, 0.25) is 0 Å². The fourth-order valence-corrected chi connectivity index (χ4v) is 1.98. The molecule has 1 aromatic rings. The van der Waals surface area contributed by atoms with Gasteiger partial charge in [-0.3, -0.25) is 4.79 Å². The molecule has 102 valence electrons. The zero-order chi connectivity index (χ0) is 14.3. The molecule has 2 heteroatoms.